The molecule has 3 aromatic heterocycles. The van der Waals surface area contributed by atoms with Crippen molar-refractivity contribution in [3.8, 4) is 11.5 Å². The van der Waals surface area contributed by atoms with Gasteiger partial charge in [0.05, 0.1) is 23.6 Å². The third-order valence-corrected chi connectivity index (χ3v) is 3.73. The predicted molar refractivity (Wildman–Crippen MR) is 89.2 cm³/mol. The second-order valence-corrected chi connectivity index (χ2v) is 5.34. The van der Waals surface area contributed by atoms with Gasteiger partial charge >= 0.3 is 0 Å². The molecular formula is C18H14N4O2. The molecule has 0 aliphatic heterocycles. The zero-order chi connectivity index (χ0) is 16.4. The third kappa shape index (κ3) is 2.77. The van der Waals surface area contributed by atoms with E-state index in [1.54, 1.807) is 30.9 Å². The standard InChI is InChI=1S/C18H14N4O2/c23-18(13-3-4-14-15(9-13)22-11-21-14)20-10-12-5-6-19-16(8-12)17-2-1-7-24-17/h1-9,11H,10H2,(H,20,23)(H,21,22). The summed E-state index contributed by atoms with van der Waals surface area (Å²) in [6.07, 6.45) is 4.92. The van der Waals surface area contributed by atoms with Crippen molar-refractivity contribution in [2.45, 2.75) is 6.54 Å². The molecule has 4 aromatic rings. The van der Waals surface area contributed by atoms with Gasteiger partial charge in [-0.15, -0.1) is 0 Å². The van der Waals surface area contributed by atoms with E-state index in [1.165, 1.54) is 0 Å². The van der Waals surface area contributed by atoms with Gasteiger partial charge in [0, 0.05) is 18.3 Å². The van der Waals surface area contributed by atoms with Gasteiger partial charge in [-0.3, -0.25) is 9.78 Å². The maximum absolute atomic E-state index is 12.3. The van der Waals surface area contributed by atoms with Gasteiger partial charge in [-0.1, -0.05) is 0 Å². The molecule has 0 fully saturated rings. The molecule has 3 heterocycles. The minimum Gasteiger partial charge on any atom is -0.463 e. The molecule has 0 atom stereocenters. The Balaban J connectivity index is 1.48. The van der Waals surface area contributed by atoms with E-state index in [0.717, 1.165) is 22.3 Å². The molecule has 6 nitrogen and oxygen atoms in total. The Morgan fingerprint density at radius 3 is 3.00 bits per heavy atom. The fourth-order valence-electron chi connectivity index (χ4n) is 2.50. The molecular weight excluding hydrogens is 304 g/mol. The first-order valence-electron chi connectivity index (χ1n) is 7.50. The van der Waals surface area contributed by atoms with E-state index in [4.69, 9.17) is 4.42 Å². The van der Waals surface area contributed by atoms with E-state index in [2.05, 4.69) is 20.3 Å². The maximum atomic E-state index is 12.3. The van der Waals surface area contributed by atoms with Crippen LogP contribution < -0.4 is 5.32 Å². The number of nitrogens with one attached hydrogen (secondary N) is 2. The summed E-state index contributed by atoms with van der Waals surface area (Å²) >= 11 is 0. The molecule has 4 rings (SSSR count). The van der Waals surface area contributed by atoms with Crippen molar-refractivity contribution in [2.75, 3.05) is 0 Å². The van der Waals surface area contributed by atoms with E-state index < -0.39 is 0 Å². The number of aromatic nitrogens is 3. The van der Waals surface area contributed by atoms with Gasteiger partial charge in [-0.25, -0.2) is 4.98 Å². The van der Waals surface area contributed by atoms with E-state index >= 15 is 0 Å². The molecule has 24 heavy (non-hydrogen) atoms. The maximum Gasteiger partial charge on any atom is 0.251 e. The van der Waals surface area contributed by atoms with Crippen LogP contribution in [0.2, 0.25) is 0 Å². The van der Waals surface area contributed by atoms with Crippen molar-refractivity contribution in [1.29, 1.82) is 0 Å². The normalized spacial score (nSPS) is 10.8. The summed E-state index contributed by atoms with van der Waals surface area (Å²) in [4.78, 5) is 23.7. The lowest BCUT2D eigenvalue weighted by molar-refractivity contribution is 0.0951. The molecule has 0 bridgehead atoms. The van der Waals surface area contributed by atoms with Crippen LogP contribution in [-0.2, 0) is 6.54 Å². The number of furan rings is 1. The minimum absolute atomic E-state index is 0.136. The number of carbonyl (C=O) groups excluding carboxylic acids is 1. The first-order valence-corrected chi connectivity index (χ1v) is 7.50. The number of nitrogens with zero attached hydrogens (tertiary/aromatic N) is 2. The van der Waals surface area contributed by atoms with Gasteiger partial charge in [0.2, 0.25) is 0 Å². The van der Waals surface area contributed by atoms with Crippen LogP contribution in [0, 0.1) is 0 Å². The average Bonchev–Trinajstić information content (AvgIpc) is 3.30. The number of fused-ring (bicyclic) bond motifs is 1. The van der Waals surface area contributed by atoms with Crippen LogP contribution in [0.5, 0.6) is 0 Å². The highest BCUT2D eigenvalue weighted by atomic mass is 16.3. The Morgan fingerprint density at radius 1 is 1.17 bits per heavy atom. The Morgan fingerprint density at radius 2 is 2.12 bits per heavy atom. The number of hydrogen-bond acceptors (Lipinski definition) is 4. The van der Waals surface area contributed by atoms with Crippen molar-refractivity contribution in [2.24, 2.45) is 0 Å². The Hall–Kier alpha value is -3.41. The molecule has 0 radical (unpaired) electrons. The van der Waals surface area contributed by atoms with Crippen LogP contribution in [0.3, 0.4) is 0 Å². The number of H-pyrrole nitrogens is 1. The van der Waals surface area contributed by atoms with Gasteiger partial charge in [-0.05, 0) is 48.0 Å². The molecule has 2 N–H and O–H groups in total. The summed E-state index contributed by atoms with van der Waals surface area (Å²) in [5.74, 6) is 0.565. The quantitative estimate of drug-likeness (QED) is 0.605. The van der Waals surface area contributed by atoms with Crippen molar-refractivity contribution >= 4 is 16.9 Å². The van der Waals surface area contributed by atoms with Crippen molar-refractivity contribution in [3.05, 3.63) is 72.4 Å². The van der Waals surface area contributed by atoms with Crippen molar-refractivity contribution < 1.29 is 9.21 Å². The fourth-order valence-corrected chi connectivity index (χ4v) is 2.50. The SMILES string of the molecule is O=C(NCc1ccnc(-c2ccco2)c1)c1ccc2nc[nH]c2c1. The zero-order valence-corrected chi connectivity index (χ0v) is 12.7. The molecule has 0 aliphatic rings. The van der Waals surface area contributed by atoms with Crippen molar-refractivity contribution in [1.82, 2.24) is 20.3 Å². The van der Waals surface area contributed by atoms with E-state index in [9.17, 15) is 4.79 Å². The fraction of sp³-hybridized carbons (Fsp3) is 0.0556. The smallest absolute Gasteiger partial charge is 0.251 e. The lowest BCUT2D eigenvalue weighted by atomic mass is 10.1. The Labute approximate surface area is 137 Å². The molecule has 0 aliphatic carbocycles. The van der Waals surface area contributed by atoms with E-state index in [0.29, 0.717) is 17.9 Å². The molecule has 0 saturated heterocycles. The first-order chi connectivity index (χ1) is 11.8. The highest BCUT2D eigenvalue weighted by molar-refractivity contribution is 5.97. The summed E-state index contributed by atoms with van der Waals surface area (Å²) in [5, 5.41) is 2.91. The number of carbonyl (C=O) groups is 1. The van der Waals surface area contributed by atoms with Gasteiger partial charge in [0.15, 0.2) is 5.76 Å². The number of benzene rings is 1. The topological polar surface area (TPSA) is 83.8 Å². The van der Waals surface area contributed by atoms with Gasteiger partial charge in [0.1, 0.15) is 5.69 Å². The minimum atomic E-state index is -0.136. The summed E-state index contributed by atoms with van der Waals surface area (Å²) in [7, 11) is 0. The third-order valence-electron chi connectivity index (χ3n) is 3.73. The molecule has 118 valence electrons. The molecule has 6 heteroatoms. The second kappa shape index (κ2) is 6.00. The average molecular weight is 318 g/mol. The lowest BCUT2D eigenvalue weighted by Gasteiger charge is -2.06. The van der Waals surface area contributed by atoms with Crippen LogP contribution in [0.4, 0.5) is 0 Å². The van der Waals surface area contributed by atoms with E-state index in [1.807, 2.05) is 30.3 Å². The highest BCUT2D eigenvalue weighted by Gasteiger charge is 2.08. The summed E-state index contributed by atoms with van der Waals surface area (Å²) in [5.41, 5.74) is 3.96. The highest BCUT2D eigenvalue weighted by Crippen LogP contribution is 2.18. The predicted octanol–water partition coefficient (Wildman–Crippen LogP) is 3.15. The number of pyridine rings is 1. The second-order valence-electron chi connectivity index (χ2n) is 5.34. The zero-order valence-electron chi connectivity index (χ0n) is 12.7. The monoisotopic (exact) mass is 318 g/mol. The molecule has 0 spiro atoms. The van der Waals surface area contributed by atoms with Gasteiger partial charge in [0.25, 0.3) is 5.91 Å². The number of hydrogen-bond donors (Lipinski definition) is 2. The summed E-state index contributed by atoms with van der Waals surface area (Å²) < 4.78 is 5.34. The molecule has 1 amide bonds. The van der Waals surface area contributed by atoms with Crippen LogP contribution in [0.15, 0.2) is 65.7 Å². The van der Waals surface area contributed by atoms with Crippen LogP contribution in [0.1, 0.15) is 15.9 Å². The van der Waals surface area contributed by atoms with Crippen LogP contribution in [0.25, 0.3) is 22.5 Å². The number of imidazole rings is 1. The number of amides is 1. The van der Waals surface area contributed by atoms with Crippen molar-refractivity contribution in [3.63, 3.8) is 0 Å². The van der Waals surface area contributed by atoms with Crippen LogP contribution >= 0.6 is 0 Å². The summed E-state index contributed by atoms with van der Waals surface area (Å²) in [6.45, 7) is 0.413. The number of rotatable bonds is 4. The Bertz CT molecular complexity index is 989. The molecule has 1 aromatic carbocycles. The first kappa shape index (κ1) is 14.2. The summed E-state index contributed by atoms with van der Waals surface area (Å²) in [6, 6.07) is 12.8. The Kier molecular flexibility index (Phi) is 3.55. The molecule has 0 unspecified atom stereocenters. The van der Waals surface area contributed by atoms with Crippen LogP contribution in [-0.4, -0.2) is 20.9 Å². The number of aromatic amines is 1. The van der Waals surface area contributed by atoms with E-state index in [-0.39, 0.29) is 5.91 Å². The van der Waals surface area contributed by atoms with Gasteiger partial charge in [-0.2, -0.15) is 0 Å². The molecule has 0 saturated carbocycles. The van der Waals surface area contributed by atoms with Gasteiger partial charge < -0.3 is 14.7 Å². The largest absolute Gasteiger partial charge is 0.463 e. The lowest BCUT2D eigenvalue weighted by Crippen LogP contribution is -2.22.